The van der Waals surface area contributed by atoms with Crippen molar-refractivity contribution in [2.45, 2.75) is 12.8 Å². The Morgan fingerprint density at radius 2 is 2.05 bits per heavy atom. The molecular formula is C14H18N2O4. The molecule has 1 fully saturated rings. The van der Waals surface area contributed by atoms with Gasteiger partial charge in [0.1, 0.15) is 5.75 Å². The van der Waals surface area contributed by atoms with Gasteiger partial charge in [0.15, 0.2) is 0 Å². The molecule has 0 bridgehead atoms. The fourth-order valence-electron chi connectivity index (χ4n) is 2.24. The van der Waals surface area contributed by atoms with Crippen LogP contribution < -0.4 is 10.1 Å². The maximum atomic E-state index is 12.1. The van der Waals surface area contributed by atoms with Crippen LogP contribution in [0.15, 0.2) is 24.3 Å². The number of methoxy groups -OCH3 is 1. The van der Waals surface area contributed by atoms with E-state index in [0.29, 0.717) is 30.8 Å². The number of carbonyl (C=O) groups excluding carboxylic acids is 1. The quantitative estimate of drug-likeness (QED) is 0.886. The zero-order chi connectivity index (χ0) is 14.5. The number of aliphatic carboxylic acids is 1. The number of rotatable bonds is 3. The van der Waals surface area contributed by atoms with Crippen molar-refractivity contribution in [3.63, 3.8) is 0 Å². The molecule has 1 saturated heterocycles. The van der Waals surface area contributed by atoms with Crippen molar-refractivity contribution in [1.82, 2.24) is 4.90 Å². The fourth-order valence-corrected chi connectivity index (χ4v) is 2.24. The van der Waals surface area contributed by atoms with Crippen molar-refractivity contribution in [3.05, 3.63) is 24.3 Å². The largest absolute Gasteiger partial charge is 0.497 e. The van der Waals surface area contributed by atoms with Crippen LogP contribution in [-0.4, -0.2) is 42.2 Å². The molecule has 6 nitrogen and oxygen atoms in total. The van der Waals surface area contributed by atoms with Crippen molar-refractivity contribution in [2.24, 2.45) is 5.92 Å². The van der Waals surface area contributed by atoms with E-state index in [1.54, 1.807) is 36.3 Å². The van der Waals surface area contributed by atoms with Crippen molar-refractivity contribution in [3.8, 4) is 5.75 Å². The van der Waals surface area contributed by atoms with Crippen LogP contribution >= 0.6 is 0 Å². The number of urea groups is 1. The number of carboxylic acids is 1. The second kappa shape index (κ2) is 6.27. The molecule has 6 heteroatoms. The molecule has 1 atom stereocenters. The van der Waals surface area contributed by atoms with Crippen LogP contribution in [0.2, 0.25) is 0 Å². The third-order valence-corrected chi connectivity index (χ3v) is 3.40. The monoisotopic (exact) mass is 278 g/mol. The lowest BCUT2D eigenvalue weighted by atomic mass is 9.99. The van der Waals surface area contributed by atoms with Crippen LogP contribution in [0.25, 0.3) is 0 Å². The van der Waals surface area contributed by atoms with Crippen molar-refractivity contribution in [1.29, 1.82) is 0 Å². The predicted octanol–water partition coefficient (Wildman–Crippen LogP) is 2.02. The Balaban J connectivity index is 1.95. The predicted molar refractivity (Wildman–Crippen MR) is 73.9 cm³/mol. The lowest BCUT2D eigenvalue weighted by Gasteiger charge is -2.30. The molecule has 1 aliphatic heterocycles. The van der Waals surface area contributed by atoms with E-state index in [1.807, 2.05) is 0 Å². The Morgan fingerprint density at radius 3 is 2.65 bits per heavy atom. The van der Waals surface area contributed by atoms with Gasteiger partial charge in [0.25, 0.3) is 0 Å². The molecule has 1 aliphatic rings. The first kappa shape index (κ1) is 14.2. The van der Waals surface area contributed by atoms with Crippen LogP contribution in [0.3, 0.4) is 0 Å². The van der Waals surface area contributed by atoms with E-state index < -0.39 is 11.9 Å². The van der Waals surface area contributed by atoms with E-state index in [2.05, 4.69) is 5.32 Å². The number of nitrogens with one attached hydrogen (secondary N) is 1. The minimum atomic E-state index is -0.841. The van der Waals surface area contributed by atoms with Gasteiger partial charge in [0.2, 0.25) is 0 Å². The normalized spacial score (nSPS) is 18.4. The number of ether oxygens (including phenoxy) is 1. The van der Waals surface area contributed by atoms with Gasteiger partial charge in [0.05, 0.1) is 13.0 Å². The molecule has 1 aromatic rings. The molecule has 2 rings (SSSR count). The molecule has 1 aromatic carbocycles. The van der Waals surface area contributed by atoms with Gasteiger partial charge in [-0.05, 0) is 37.1 Å². The number of amides is 2. The molecule has 0 radical (unpaired) electrons. The smallest absolute Gasteiger partial charge is 0.321 e. The first-order valence-corrected chi connectivity index (χ1v) is 6.53. The number of carboxylic acid groups (broad SMARTS) is 1. The van der Waals surface area contributed by atoms with Crippen LogP contribution in [-0.2, 0) is 4.79 Å². The fraction of sp³-hybridized carbons (Fsp3) is 0.429. The number of piperidine rings is 1. The van der Waals surface area contributed by atoms with Crippen molar-refractivity contribution >= 4 is 17.7 Å². The molecule has 1 heterocycles. The highest BCUT2D eigenvalue weighted by Crippen LogP contribution is 2.19. The first-order valence-electron chi connectivity index (χ1n) is 6.53. The summed E-state index contributed by atoms with van der Waals surface area (Å²) in [4.78, 5) is 24.6. The molecular weight excluding hydrogens is 260 g/mol. The van der Waals surface area contributed by atoms with Gasteiger partial charge in [0, 0.05) is 18.8 Å². The number of likely N-dealkylation sites (tertiary alicyclic amines) is 1. The third kappa shape index (κ3) is 3.40. The zero-order valence-corrected chi connectivity index (χ0v) is 11.3. The standard InChI is InChI=1S/C14H18N2O4/c1-20-12-6-4-11(5-7-12)15-14(19)16-8-2-3-10(9-16)13(17)18/h4-7,10H,2-3,8-9H2,1H3,(H,15,19)(H,17,18)/t10-/m1/s1. The number of carbonyl (C=O) groups is 2. The van der Waals surface area contributed by atoms with Gasteiger partial charge < -0.3 is 20.1 Å². The van der Waals surface area contributed by atoms with Gasteiger partial charge in [-0.3, -0.25) is 4.79 Å². The molecule has 2 amide bonds. The number of nitrogens with zero attached hydrogens (tertiary/aromatic N) is 1. The lowest BCUT2D eigenvalue weighted by molar-refractivity contribution is -0.143. The van der Waals surface area contributed by atoms with Crippen LogP contribution in [0.4, 0.5) is 10.5 Å². The second-order valence-corrected chi connectivity index (χ2v) is 4.78. The van der Waals surface area contributed by atoms with Gasteiger partial charge in [-0.1, -0.05) is 0 Å². The Labute approximate surface area is 117 Å². The average Bonchev–Trinajstić information content (AvgIpc) is 2.48. The van der Waals surface area contributed by atoms with Gasteiger partial charge in [-0.2, -0.15) is 0 Å². The van der Waals surface area contributed by atoms with Crippen molar-refractivity contribution < 1.29 is 19.4 Å². The molecule has 20 heavy (non-hydrogen) atoms. The molecule has 0 spiro atoms. The number of hydrogen-bond donors (Lipinski definition) is 2. The molecule has 2 N–H and O–H groups in total. The molecule has 108 valence electrons. The first-order chi connectivity index (χ1) is 9.60. The Morgan fingerprint density at radius 1 is 1.35 bits per heavy atom. The summed E-state index contributed by atoms with van der Waals surface area (Å²) in [6, 6.07) is 6.74. The van der Waals surface area contributed by atoms with Gasteiger partial charge >= 0.3 is 12.0 Å². The summed E-state index contributed by atoms with van der Waals surface area (Å²) in [5, 5.41) is 11.8. The highest BCUT2D eigenvalue weighted by Gasteiger charge is 2.28. The average molecular weight is 278 g/mol. The van der Waals surface area contributed by atoms with E-state index in [0.717, 1.165) is 0 Å². The molecule has 0 aromatic heterocycles. The van der Waals surface area contributed by atoms with Gasteiger partial charge in [-0.15, -0.1) is 0 Å². The molecule has 0 saturated carbocycles. The van der Waals surface area contributed by atoms with E-state index in [9.17, 15) is 9.59 Å². The summed E-state index contributed by atoms with van der Waals surface area (Å²) in [5.74, 6) is -0.593. The SMILES string of the molecule is COc1ccc(NC(=O)N2CCC[C@@H](C(=O)O)C2)cc1. The topological polar surface area (TPSA) is 78.9 Å². The third-order valence-electron chi connectivity index (χ3n) is 3.40. The lowest BCUT2D eigenvalue weighted by Crippen LogP contribution is -2.44. The van der Waals surface area contributed by atoms with Crippen LogP contribution in [0.1, 0.15) is 12.8 Å². The Bertz CT molecular complexity index is 486. The number of anilines is 1. The minimum absolute atomic E-state index is 0.261. The van der Waals surface area contributed by atoms with Crippen LogP contribution in [0, 0.1) is 5.92 Å². The highest BCUT2D eigenvalue weighted by atomic mass is 16.5. The van der Waals surface area contributed by atoms with E-state index in [-0.39, 0.29) is 12.6 Å². The summed E-state index contributed by atoms with van der Waals surface area (Å²) in [6.07, 6.45) is 1.34. The maximum absolute atomic E-state index is 12.1. The van der Waals surface area contributed by atoms with Crippen LogP contribution in [0.5, 0.6) is 5.75 Å². The Kier molecular flexibility index (Phi) is 4.45. The van der Waals surface area contributed by atoms with Crippen molar-refractivity contribution in [2.75, 3.05) is 25.5 Å². The minimum Gasteiger partial charge on any atom is -0.497 e. The van der Waals surface area contributed by atoms with E-state index >= 15 is 0 Å². The maximum Gasteiger partial charge on any atom is 0.321 e. The highest BCUT2D eigenvalue weighted by molar-refractivity contribution is 5.89. The summed E-state index contributed by atoms with van der Waals surface area (Å²) < 4.78 is 5.04. The summed E-state index contributed by atoms with van der Waals surface area (Å²) in [5.41, 5.74) is 0.660. The molecule has 0 unspecified atom stereocenters. The summed E-state index contributed by atoms with van der Waals surface area (Å²) >= 11 is 0. The van der Waals surface area contributed by atoms with E-state index in [1.165, 1.54) is 0 Å². The zero-order valence-electron chi connectivity index (χ0n) is 11.3. The summed E-state index contributed by atoms with van der Waals surface area (Å²) in [6.45, 7) is 0.850. The van der Waals surface area contributed by atoms with E-state index in [4.69, 9.17) is 9.84 Å². The number of hydrogen-bond acceptors (Lipinski definition) is 3. The Hall–Kier alpha value is -2.24. The van der Waals surface area contributed by atoms with Gasteiger partial charge in [-0.25, -0.2) is 4.79 Å². The summed E-state index contributed by atoms with van der Waals surface area (Å²) in [7, 11) is 1.58. The number of benzene rings is 1. The molecule has 0 aliphatic carbocycles. The second-order valence-electron chi connectivity index (χ2n) is 4.78.